The second-order valence-electron chi connectivity index (χ2n) is 7.11. The maximum absolute atomic E-state index is 12.2. The maximum atomic E-state index is 12.2. The van der Waals surface area contributed by atoms with Crippen LogP contribution in [0.1, 0.15) is 42.3 Å². The molecular formula is C20H24N2O4. The number of amides is 1. The minimum Gasteiger partial charge on any atom is -0.491 e. The Morgan fingerprint density at radius 1 is 1.19 bits per heavy atom. The standard InChI is InChI=1S/C20H24N2O4/c1-14-9-10-15(13-17(14)22(24)25)19(23)21-11-12-26-18-8-6-5-7-16(18)20(2,3)4/h5-10,13H,11-12H2,1-4H3,(H,21,23). The van der Waals surface area contributed by atoms with Crippen LogP contribution in [0, 0.1) is 17.0 Å². The molecule has 6 nitrogen and oxygen atoms in total. The van der Waals surface area contributed by atoms with Crippen molar-refractivity contribution in [2.45, 2.75) is 33.1 Å². The van der Waals surface area contributed by atoms with Crippen molar-refractivity contribution >= 4 is 11.6 Å². The minimum atomic E-state index is -0.487. The molecule has 6 heteroatoms. The van der Waals surface area contributed by atoms with E-state index in [1.807, 2.05) is 24.3 Å². The van der Waals surface area contributed by atoms with Gasteiger partial charge in [0.05, 0.1) is 11.5 Å². The number of nitrogens with one attached hydrogen (secondary N) is 1. The summed E-state index contributed by atoms with van der Waals surface area (Å²) < 4.78 is 5.81. The van der Waals surface area contributed by atoms with Crippen molar-refractivity contribution in [3.8, 4) is 5.75 Å². The smallest absolute Gasteiger partial charge is 0.273 e. The van der Waals surface area contributed by atoms with E-state index >= 15 is 0 Å². The Balaban J connectivity index is 1.94. The van der Waals surface area contributed by atoms with Gasteiger partial charge in [0, 0.05) is 17.2 Å². The summed E-state index contributed by atoms with van der Waals surface area (Å²) >= 11 is 0. The van der Waals surface area contributed by atoms with E-state index in [0.717, 1.165) is 11.3 Å². The Bertz CT molecular complexity index is 810. The zero-order valence-corrected chi connectivity index (χ0v) is 15.5. The molecule has 0 heterocycles. The molecule has 2 aromatic rings. The van der Waals surface area contributed by atoms with Gasteiger partial charge in [0.15, 0.2) is 0 Å². The lowest BCUT2D eigenvalue weighted by Crippen LogP contribution is -2.28. The molecular weight excluding hydrogens is 332 g/mol. The van der Waals surface area contributed by atoms with E-state index in [0.29, 0.717) is 18.7 Å². The van der Waals surface area contributed by atoms with Crippen molar-refractivity contribution in [2.75, 3.05) is 13.2 Å². The van der Waals surface area contributed by atoms with Crippen LogP contribution in [-0.2, 0) is 5.41 Å². The summed E-state index contributed by atoms with van der Waals surface area (Å²) in [5.41, 5.74) is 1.78. The van der Waals surface area contributed by atoms with E-state index in [1.165, 1.54) is 6.07 Å². The molecule has 0 bridgehead atoms. The van der Waals surface area contributed by atoms with Crippen LogP contribution in [-0.4, -0.2) is 24.0 Å². The van der Waals surface area contributed by atoms with Gasteiger partial charge in [-0.05, 0) is 30.0 Å². The minimum absolute atomic E-state index is 0.0410. The van der Waals surface area contributed by atoms with Gasteiger partial charge in [0.25, 0.3) is 11.6 Å². The van der Waals surface area contributed by atoms with E-state index < -0.39 is 4.92 Å². The number of rotatable bonds is 6. The Kier molecular flexibility index (Phi) is 5.97. The molecule has 0 radical (unpaired) electrons. The van der Waals surface area contributed by atoms with Gasteiger partial charge in [0.2, 0.25) is 0 Å². The van der Waals surface area contributed by atoms with E-state index in [9.17, 15) is 14.9 Å². The first kappa shape index (κ1) is 19.4. The predicted molar refractivity (Wildman–Crippen MR) is 101 cm³/mol. The van der Waals surface area contributed by atoms with Gasteiger partial charge < -0.3 is 10.1 Å². The summed E-state index contributed by atoms with van der Waals surface area (Å²) in [6.07, 6.45) is 0. The van der Waals surface area contributed by atoms with Crippen molar-refractivity contribution < 1.29 is 14.5 Å². The van der Waals surface area contributed by atoms with Crippen LogP contribution < -0.4 is 10.1 Å². The number of benzene rings is 2. The highest BCUT2D eigenvalue weighted by Crippen LogP contribution is 2.30. The Hall–Kier alpha value is -2.89. The lowest BCUT2D eigenvalue weighted by Gasteiger charge is -2.22. The molecule has 0 saturated heterocycles. The third-order valence-electron chi connectivity index (χ3n) is 4.01. The fourth-order valence-electron chi connectivity index (χ4n) is 2.59. The average Bonchev–Trinajstić information content (AvgIpc) is 2.58. The highest BCUT2D eigenvalue weighted by molar-refractivity contribution is 5.94. The molecule has 0 atom stereocenters. The van der Waals surface area contributed by atoms with Crippen molar-refractivity contribution in [3.63, 3.8) is 0 Å². The number of nitro groups is 1. The third-order valence-corrected chi connectivity index (χ3v) is 4.01. The molecule has 0 unspecified atom stereocenters. The van der Waals surface area contributed by atoms with Crippen molar-refractivity contribution in [2.24, 2.45) is 0 Å². The average molecular weight is 356 g/mol. The zero-order chi connectivity index (χ0) is 19.3. The molecule has 0 aromatic heterocycles. The summed E-state index contributed by atoms with van der Waals surface area (Å²) in [4.78, 5) is 22.7. The van der Waals surface area contributed by atoms with Crippen molar-refractivity contribution in [1.29, 1.82) is 0 Å². The Labute approximate surface area is 153 Å². The van der Waals surface area contributed by atoms with Crippen LogP contribution in [0.5, 0.6) is 5.75 Å². The SMILES string of the molecule is Cc1ccc(C(=O)NCCOc2ccccc2C(C)(C)C)cc1[N+](=O)[O-]. The number of carbonyl (C=O) groups excluding carboxylic acids is 1. The quantitative estimate of drug-likeness (QED) is 0.482. The first-order chi connectivity index (χ1) is 12.2. The van der Waals surface area contributed by atoms with Crippen LogP contribution in [0.3, 0.4) is 0 Å². The summed E-state index contributed by atoms with van der Waals surface area (Å²) in [5.74, 6) is 0.432. The summed E-state index contributed by atoms with van der Waals surface area (Å²) in [6.45, 7) is 8.59. The molecule has 0 saturated carbocycles. The first-order valence-corrected chi connectivity index (χ1v) is 8.45. The molecule has 0 aliphatic heterocycles. The second-order valence-corrected chi connectivity index (χ2v) is 7.11. The molecule has 0 fully saturated rings. The molecule has 26 heavy (non-hydrogen) atoms. The van der Waals surface area contributed by atoms with Gasteiger partial charge in [-0.2, -0.15) is 0 Å². The van der Waals surface area contributed by atoms with E-state index in [-0.39, 0.29) is 22.6 Å². The summed E-state index contributed by atoms with van der Waals surface area (Å²) in [5, 5.41) is 13.7. The Morgan fingerprint density at radius 3 is 2.54 bits per heavy atom. The largest absolute Gasteiger partial charge is 0.491 e. The van der Waals surface area contributed by atoms with Gasteiger partial charge in [-0.3, -0.25) is 14.9 Å². The monoisotopic (exact) mass is 356 g/mol. The zero-order valence-electron chi connectivity index (χ0n) is 15.5. The van der Waals surface area contributed by atoms with Crippen molar-refractivity contribution in [3.05, 3.63) is 69.3 Å². The molecule has 0 aliphatic rings. The van der Waals surface area contributed by atoms with Crippen molar-refractivity contribution in [1.82, 2.24) is 5.32 Å². The topological polar surface area (TPSA) is 81.5 Å². The molecule has 138 valence electrons. The van der Waals surface area contributed by atoms with Crippen LogP contribution in [0.25, 0.3) is 0 Å². The fourth-order valence-corrected chi connectivity index (χ4v) is 2.59. The first-order valence-electron chi connectivity index (χ1n) is 8.45. The predicted octanol–water partition coefficient (Wildman–Crippen LogP) is 4.01. The number of hydrogen-bond acceptors (Lipinski definition) is 4. The van der Waals surface area contributed by atoms with Crippen LogP contribution in [0.15, 0.2) is 42.5 Å². The number of nitrogens with zero attached hydrogens (tertiary/aromatic N) is 1. The molecule has 1 N–H and O–H groups in total. The molecule has 0 aliphatic carbocycles. The third kappa shape index (κ3) is 4.81. The normalized spacial score (nSPS) is 11.1. The molecule has 0 spiro atoms. The molecule has 2 aromatic carbocycles. The molecule has 1 amide bonds. The number of carbonyl (C=O) groups is 1. The van der Waals surface area contributed by atoms with E-state index in [1.54, 1.807) is 19.1 Å². The number of ether oxygens (including phenoxy) is 1. The molecule has 2 rings (SSSR count). The Morgan fingerprint density at radius 2 is 1.88 bits per heavy atom. The van der Waals surface area contributed by atoms with Gasteiger partial charge in [-0.25, -0.2) is 0 Å². The van der Waals surface area contributed by atoms with Crippen LogP contribution in [0.4, 0.5) is 5.69 Å². The van der Waals surface area contributed by atoms with Gasteiger partial charge >= 0.3 is 0 Å². The van der Waals surface area contributed by atoms with Gasteiger partial charge in [0.1, 0.15) is 12.4 Å². The number of nitro benzene ring substituents is 1. The number of hydrogen-bond donors (Lipinski definition) is 1. The fraction of sp³-hybridized carbons (Fsp3) is 0.350. The summed E-state index contributed by atoms with van der Waals surface area (Å²) in [6, 6.07) is 12.3. The summed E-state index contributed by atoms with van der Waals surface area (Å²) in [7, 11) is 0. The highest BCUT2D eigenvalue weighted by atomic mass is 16.6. The van der Waals surface area contributed by atoms with Gasteiger partial charge in [-0.15, -0.1) is 0 Å². The second kappa shape index (κ2) is 7.99. The van der Waals surface area contributed by atoms with Crippen LogP contribution >= 0.6 is 0 Å². The number of aryl methyl sites for hydroxylation is 1. The van der Waals surface area contributed by atoms with Gasteiger partial charge in [-0.1, -0.05) is 45.0 Å². The highest BCUT2D eigenvalue weighted by Gasteiger charge is 2.18. The lowest BCUT2D eigenvalue weighted by atomic mass is 9.86. The number of para-hydroxylation sites is 1. The maximum Gasteiger partial charge on any atom is 0.273 e. The van der Waals surface area contributed by atoms with E-state index in [4.69, 9.17) is 4.74 Å². The van der Waals surface area contributed by atoms with E-state index in [2.05, 4.69) is 26.1 Å². The lowest BCUT2D eigenvalue weighted by molar-refractivity contribution is -0.385. The van der Waals surface area contributed by atoms with Crippen LogP contribution in [0.2, 0.25) is 0 Å².